The standard InChI is InChI=1S/C24H22F3N3O4/c1-28-23(32)21-14-19(9-10-29-21)34-18-6-3-15(4-7-18)5-8-22(31)30-17-11-16(24(25,26)27)12-20(13-17)33-2/h3-4,6-7,9-14H,5,8H2,1-2H3,(H,28,32)(H,30,31). The van der Waals surface area contributed by atoms with Crippen molar-refractivity contribution in [3.8, 4) is 17.2 Å². The number of amides is 2. The van der Waals surface area contributed by atoms with Crippen LogP contribution < -0.4 is 20.1 Å². The highest BCUT2D eigenvalue weighted by atomic mass is 19.4. The minimum Gasteiger partial charge on any atom is -0.497 e. The van der Waals surface area contributed by atoms with Gasteiger partial charge in [-0.15, -0.1) is 0 Å². The van der Waals surface area contributed by atoms with Gasteiger partial charge in [0.15, 0.2) is 0 Å². The number of carbonyl (C=O) groups excluding carboxylic acids is 2. The fourth-order valence-corrected chi connectivity index (χ4v) is 3.02. The number of alkyl halides is 3. The van der Waals surface area contributed by atoms with Gasteiger partial charge >= 0.3 is 6.18 Å². The van der Waals surface area contributed by atoms with Crippen LogP contribution in [0.1, 0.15) is 28.0 Å². The first kappa shape index (κ1) is 24.6. The lowest BCUT2D eigenvalue weighted by atomic mass is 10.1. The largest absolute Gasteiger partial charge is 0.497 e. The van der Waals surface area contributed by atoms with Crippen molar-refractivity contribution in [2.75, 3.05) is 19.5 Å². The molecule has 3 aromatic rings. The molecule has 0 saturated carbocycles. The summed E-state index contributed by atoms with van der Waals surface area (Å²) in [7, 11) is 2.76. The van der Waals surface area contributed by atoms with E-state index in [9.17, 15) is 22.8 Å². The first-order chi connectivity index (χ1) is 16.2. The number of methoxy groups -OCH3 is 1. The fraction of sp³-hybridized carbons (Fsp3) is 0.208. The van der Waals surface area contributed by atoms with Gasteiger partial charge in [0.25, 0.3) is 5.91 Å². The van der Waals surface area contributed by atoms with E-state index in [1.165, 1.54) is 32.5 Å². The smallest absolute Gasteiger partial charge is 0.416 e. The molecule has 178 valence electrons. The van der Waals surface area contributed by atoms with Gasteiger partial charge in [-0.3, -0.25) is 14.6 Å². The molecular weight excluding hydrogens is 451 g/mol. The number of pyridine rings is 1. The van der Waals surface area contributed by atoms with Crippen LogP contribution in [-0.2, 0) is 17.4 Å². The number of anilines is 1. The van der Waals surface area contributed by atoms with Crippen LogP contribution in [0.15, 0.2) is 60.8 Å². The molecule has 0 saturated heterocycles. The number of halogens is 3. The molecule has 3 rings (SSSR count). The van der Waals surface area contributed by atoms with E-state index in [-0.39, 0.29) is 29.5 Å². The maximum absolute atomic E-state index is 13.0. The van der Waals surface area contributed by atoms with Crippen molar-refractivity contribution in [2.45, 2.75) is 19.0 Å². The van der Waals surface area contributed by atoms with Crippen molar-refractivity contribution in [1.29, 1.82) is 0 Å². The summed E-state index contributed by atoms with van der Waals surface area (Å²) in [5.74, 6) is 0.204. The van der Waals surface area contributed by atoms with E-state index in [0.29, 0.717) is 17.9 Å². The maximum atomic E-state index is 13.0. The quantitative estimate of drug-likeness (QED) is 0.489. The summed E-state index contributed by atoms with van der Waals surface area (Å²) in [6, 6.07) is 13.2. The highest BCUT2D eigenvalue weighted by Gasteiger charge is 2.31. The molecule has 34 heavy (non-hydrogen) atoms. The Kier molecular flexibility index (Phi) is 7.72. The molecule has 0 aliphatic carbocycles. The van der Waals surface area contributed by atoms with Gasteiger partial charge in [0, 0.05) is 37.5 Å². The first-order valence-corrected chi connectivity index (χ1v) is 10.2. The average Bonchev–Trinajstić information content (AvgIpc) is 2.82. The summed E-state index contributed by atoms with van der Waals surface area (Å²) >= 11 is 0. The van der Waals surface area contributed by atoms with Crippen molar-refractivity contribution in [2.24, 2.45) is 0 Å². The van der Waals surface area contributed by atoms with E-state index >= 15 is 0 Å². The molecule has 0 spiro atoms. The van der Waals surface area contributed by atoms with E-state index in [0.717, 1.165) is 17.7 Å². The summed E-state index contributed by atoms with van der Waals surface area (Å²) in [6.45, 7) is 0. The molecule has 0 bridgehead atoms. The molecule has 0 fully saturated rings. The number of hydrogen-bond acceptors (Lipinski definition) is 5. The average molecular weight is 473 g/mol. The van der Waals surface area contributed by atoms with Crippen LogP contribution in [0.5, 0.6) is 17.2 Å². The van der Waals surface area contributed by atoms with Crippen molar-refractivity contribution in [3.63, 3.8) is 0 Å². The van der Waals surface area contributed by atoms with Gasteiger partial charge in [0.1, 0.15) is 22.9 Å². The van der Waals surface area contributed by atoms with Crippen molar-refractivity contribution >= 4 is 17.5 Å². The number of rotatable bonds is 8. The number of benzene rings is 2. The highest BCUT2D eigenvalue weighted by molar-refractivity contribution is 5.92. The number of ether oxygens (including phenoxy) is 2. The zero-order chi connectivity index (χ0) is 24.7. The first-order valence-electron chi connectivity index (χ1n) is 10.2. The summed E-state index contributed by atoms with van der Waals surface area (Å²) < 4.78 is 49.7. The Morgan fingerprint density at radius 2 is 1.71 bits per heavy atom. The van der Waals surface area contributed by atoms with Gasteiger partial charge in [-0.25, -0.2) is 0 Å². The Balaban J connectivity index is 1.57. The Hall–Kier alpha value is -4.08. The van der Waals surface area contributed by atoms with Crippen LogP contribution >= 0.6 is 0 Å². The summed E-state index contributed by atoms with van der Waals surface area (Å²) in [4.78, 5) is 27.9. The Labute approximate surface area is 193 Å². The monoisotopic (exact) mass is 473 g/mol. The number of nitrogens with one attached hydrogen (secondary N) is 2. The molecule has 10 heteroatoms. The van der Waals surface area contributed by atoms with Crippen LogP contribution in [0, 0.1) is 0 Å². The molecule has 2 N–H and O–H groups in total. The predicted molar refractivity (Wildman–Crippen MR) is 119 cm³/mol. The van der Waals surface area contributed by atoms with Crippen LogP contribution in [-0.4, -0.2) is 31.0 Å². The lowest BCUT2D eigenvalue weighted by Crippen LogP contribution is -2.18. The third kappa shape index (κ3) is 6.71. The molecule has 0 unspecified atom stereocenters. The molecule has 2 amide bonds. The number of carbonyl (C=O) groups is 2. The lowest BCUT2D eigenvalue weighted by Gasteiger charge is -2.12. The zero-order valence-corrected chi connectivity index (χ0v) is 18.4. The van der Waals surface area contributed by atoms with Crippen LogP contribution in [0.25, 0.3) is 0 Å². The van der Waals surface area contributed by atoms with E-state index < -0.39 is 17.6 Å². The normalized spacial score (nSPS) is 11.0. The number of nitrogens with zero attached hydrogens (tertiary/aromatic N) is 1. The Morgan fingerprint density at radius 1 is 0.971 bits per heavy atom. The SMILES string of the molecule is CNC(=O)c1cc(Oc2ccc(CCC(=O)Nc3cc(OC)cc(C(F)(F)F)c3)cc2)ccn1. The fourth-order valence-electron chi connectivity index (χ4n) is 3.02. The van der Waals surface area contributed by atoms with Crippen LogP contribution in [0.2, 0.25) is 0 Å². The van der Waals surface area contributed by atoms with Gasteiger partial charge < -0.3 is 20.1 Å². The van der Waals surface area contributed by atoms with E-state index in [4.69, 9.17) is 9.47 Å². The minimum absolute atomic E-state index is 0.00245. The lowest BCUT2D eigenvalue weighted by molar-refractivity contribution is -0.137. The number of aromatic nitrogens is 1. The maximum Gasteiger partial charge on any atom is 0.416 e. The minimum atomic E-state index is -4.56. The molecular formula is C24H22F3N3O4. The summed E-state index contributed by atoms with van der Waals surface area (Å²) in [6.07, 6.45) is -2.65. The zero-order valence-electron chi connectivity index (χ0n) is 18.4. The summed E-state index contributed by atoms with van der Waals surface area (Å²) in [5, 5.41) is 4.97. The van der Waals surface area contributed by atoms with Gasteiger partial charge in [0.2, 0.25) is 5.91 Å². The number of hydrogen-bond donors (Lipinski definition) is 2. The van der Waals surface area contributed by atoms with Gasteiger partial charge in [-0.1, -0.05) is 12.1 Å². The topological polar surface area (TPSA) is 89.5 Å². The predicted octanol–water partition coefficient (Wildman–Crippen LogP) is 4.83. The molecule has 1 aromatic heterocycles. The van der Waals surface area contributed by atoms with Crippen molar-refractivity contribution in [1.82, 2.24) is 10.3 Å². The van der Waals surface area contributed by atoms with Gasteiger partial charge in [-0.05, 0) is 42.3 Å². The van der Waals surface area contributed by atoms with E-state index in [1.54, 1.807) is 30.3 Å². The molecule has 0 radical (unpaired) electrons. The summed E-state index contributed by atoms with van der Waals surface area (Å²) in [5.41, 5.74) is 0.161. The molecule has 0 atom stereocenters. The highest BCUT2D eigenvalue weighted by Crippen LogP contribution is 2.34. The van der Waals surface area contributed by atoms with Gasteiger partial charge in [0.05, 0.1) is 12.7 Å². The van der Waals surface area contributed by atoms with E-state index in [1.807, 2.05) is 0 Å². The van der Waals surface area contributed by atoms with Crippen LogP contribution in [0.4, 0.5) is 18.9 Å². The second-order valence-corrected chi connectivity index (χ2v) is 7.20. The second-order valence-electron chi connectivity index (χ2n) is 7.20. The molecule has 2 aromatic carbocycles. The molecule has 0 aliphatic heterocycles. The third-order valence-corrected chi connectivity index (χ3v) is 4.74. The van der Waals surface area contributed by atoms with Gasteiger partial charge in [-0.2, -0.15) is 13.2 Å². The van der Waals surface area contributed by atoms with Crippen molar-refractivity contribution < 1.29 is 32.2 Å². The van der Waals surface area contributed by atoms with Crippen LogP contribution in [0.3, 0.4) is 0 Å². The third-order valence-electron chi connectivity index (χ3n) is 4.74. The van der Waals surface area contributed by atoms with E-state index in [2.05, 4.69) is 15.6 Å². The Morgan fingerprint density at radius 3 is 2.35 bits per heavy atom. The number of aryl methyl sites for hydroxylation is 1. The second kappa shape index (κ2) is 10.7. The van der Waals surface area contributed by atoms with Crippen molar-refractivity contribution in [3.05, 3.63) is 77.6 Å². The molecule has 0 aliphatic rings. The Bertz CT molecular complexity index is 1160. The molecule has 7 nitrogen and oxygen atoms in total. The molecule has 1 heterocycles.